The number of non-ortho nitro benzene ring substituents is 1. The molecule has 0 atom stereocenters. The maximum absolute atomic E-state index is 13.2. The van der Waals surface area contributed by atoms with Crippen molar-refractivity contribution in [2.75, 3.05) is 0 Å². The van der Waals surface area contributed by atoms with Gasteiger partial charge in [-0.1, -0.05) is 18.2 Å². The molecule has 0 aliphatic rings. The largest absolute Gasteiger partial charge is 0.332 e. The minimum absolute atomic E-state index is 0.0332. The summed E-state index contributed by atoms with van der Waals surface area (Å²) in [6, 6.07) is 12.8. The lowest BCUT2D eigenvalue weighted by molar-refractivity contribution is -0.384. The van der Waals surface area contributed by atoms with Crippen molar-refractivity contribution in [3.05, 3.63) is 109 Å². The minimum atomic E-state index is -0.488. The number of nitrogens with zero attached hydrogens (tertiary/aromatic N) is 5. The molecule has 0 N–H and O–H groups in total. The maximum atomic E-state index is 13.2. The van der Waals surface area contributed by atoms with Crippen molar-refractivity contribution < 1.29 is 4.92 Å². The topological polar surface area (TPSA) is 113 Å². The van der Waals surface area contributed by atoms with Crippen LogP contribution >= 0.6 is 0 Å². The number of aromatic nitrogens is 4. The SMILES string of the molecule is O=c1c2ncccc2n(Cc2ccc([N+](=O)[O-])cc2)c(=O)n1Cc1cccnc1. The molecule has 144 valence electrons. The first-order valence-corrected chi connectivity index (χ1v) is 8.75. The second kappa shape index (κ2) is 7.47. The zero-order valence-electron chi connectivity index (χ0n) is 15.1. The molecule has 0 unspecified atom stereocenters. The molecular weight excluding hydrogens is 374 g/mol. The molecule has 0 aliphatic carbocycles. The first kappa shape index (κ1) is 18.2. The molecule has 3 heterocycles. The van der Waals surface area contributed by atoms with Crippen LogP contribution in [0.3, 0.4) is 0 Å². The molecule has 9 nitrogen and oxygen atoms in total. The Morgan fingerprint density at radius 2 is 1.62 bits per heavy atom. The fraction of sp³-hybridized carbons (Fsp3) is 0.100. The molecule has 0 amide bonds. The predicted octanol–water partition coefficient (Wildman–Crippen LogP) is 1.96. The van der Waals surface area contributed by atoms with E-state index in [1.54, 1.807) is 48.8 Å². The van der Waals surface area contributed by atoms with E-state index in [4.69, 9.17) is 0 Å². The van der Waals surface area contributed by atoms with Gasteiger partial charge in [0.05, 0.1) is 23.5 Å². The summed E-state index contributed by atoms with van der Waals surface area (Å²) in [6.45, 7) is 0.213. The van der Waals surface area contributed by atoms with Gasteiger partial charge < -0.3 is 0 Å². The molecule has 0 aliphatic heterocycles. The lowest BCUT2D eigenvalue weighted by Gasteiger charge is -2.13. The van der Waals surface area contributed by atoms with Gasteiger partial charge >= 0.3 is 5.69 Å². The standard InChI is InChI=1S/C20H15N5O4/c26-19-18-17(4-2-10-22-18)23(12-14-5-7-16(8-6-14)25(28)29)20(27)24(19)13-15-3-1-9-21-11-15/h1-11H,12-13H2. The van der Waals surface area contributed by atoms with Crippen molar-refractivity contribution in [1.29, 1.82) is 0 Å². The van der Waals surface area contributed by atoms with Crippen LogP contribution in [-0.2, 0) is 13.1 Å². The zero-order valence-corrected chi connectivity index (χ0v) is 15.1. The average Bonchev–Trinajstić information content (AvgIpc) is 2.75. The van der Waals surface area contributed by atoms with Gasteiger partial charge in [0.1, 0.15) is 0 Å². The molecular formula is C20H15N5O4. The normalized spacial score (nSPS) is 10.9. The Bertz CT molecular complexity index is 1310. The summed E-state index contributed by atoms with van der Waals surface area (Å²) in [5.41, 5.74) is 0.987. The first-order chi connectivity index (χ1) is 14.0. The van der Waals surface area contributed by atoms with E-state index in [0.717, 1.165) is 4.57 Å². The van der Waals surface area contributed by atoms with Gasteiger partial charge in [-0.25, -0.2) is 9.78 Å². The van der Waals surface area contributed by atoms with Crippen LogP contribution in [0.25, 0.3) is 11.0 Å². The Kier molecular flexibility index (Phi) is 4.70. The van der Waals surface area contributed by atoms with E-state index < -0.39 is 16.2 Å². The number of benzene rings is 1. The minimum Gasteiger partial charge on any atom is -0.287 e. The Balaban J connectivity index is 1.85. The molecule has 0 saturated carbocycles. The molecule has 3 aromatic heterocycles. The quantitative estimate of drug-likeness (QED) is 0.381. The van der Waals surface area contributed by atoms with Gasteiger partial charge in [0, 0.05) is 30.7 Å². The molecule has 0 saturated heterocycles. The highest BCUT2D eigenvalue weighted by atomic mass is 16.6. The van der Waals surface area contributed by atoms with Crippen molar-refractivity contribution in [3.63, 3.8) is 0 Å². The van der Waals surface area contributed by atoms with E-state index in [2.05, 4.69) is 9.97 Å². The van der Waals surface area contributed by atoms with Crippen LogP contribution in [-0.4, -0.2) is 24.0 Å². The highest BCUT2D eigenvalue weighted by Gasteiger charge is 2.15. The summed E-state index contributed by atoms with van der Waals surface area (Å²) >= 11 is 0. The van der Waals surface area contributed by atoms with Crippen LogP contribution in [0.2, 0.25) is 0 Å². The molecule has 1 aromatic carbocycles. The van der Waals surface area contributed by atoms with Gasteiger partial charge in [0.2, 0.25) is 0 Å². The molecule has 0 fully saturated rings. The third kappa shape index (κ3) is 3.53. The molecule has 9 heteroatoms. The van der Waals surface area contributed by atoms with E-state index in [1.807, 2.05) is 0 Å². The second-order valence-electron chi connectivity index (χ2n) is 6.42. The van der Waals surface area contributed by atoms with Crippen LogP contribution in [0.1, 0.15) is 11.1 Å². The van der Waals surface area contributed by atoms with Gasteiger partial charge in [-0.3, -0.25) is 29.0 Å². The van der Waals surface area contributed by atoms with E-state index in [0.29, 0.717) is 16.6 Å². The van der Waals surface area contributed by atoms with Crippen LogP contribution in [0.15, 0.2) is 76.7 Å². The van der Waals surface area contributed by atoms with Gasteiger partial charge in [-0.05, 0) is 29.3 Å². The van der Waals surface area contributed by atoms with Gasteiger partial charge in [-0.15, -0.1) is 0 Å². The molecule has 0 bridgehead atoms. The Morgan fingerprint density at radius 1 is 0.897 bits per heavy atom. The highest BCUT2D eigenvalue weighted by Crippen LogP contribution is 2.14. The van der Waals surface area contributed by atoms with Crippen LogP contribution in [0, 0.1) is 10.1 Å². The number of hydrogen-bond acceptors (Lipinski definition) is 6. The number of nitro benzene ring substituents is 1. The number of rotatable bonds is 5. The maximum Gasteiger partial charge on any atom is 0.332 e. The molecule has 0 spiro atoms. The Labute approximate surface area is 163 Å². The van der Waals surface area contributed by atoms with E-state index in [-0.39, 0.29) is 24.3 Å². The number of hydrogen-bond donors (Lipinski definition) is 0. The first-order valence-electron chi connectivity index (χ1n) is 8.75. The van der Waals surface area contributed by atoms with Gasteiger partial charge in [-0.2, -0.15) is 0 Å². The molecule has 0 radical (unpaired) electrons. The summed E-state index contributed by atoms with van der Waals surface area (Å²) in [7, 11) is 0. The predicted molar refractivity (Wildman–Crippen MR) is 106 cm³/mol. The highest BCUT2D eigenvalue weighted by molar-refractivity contribution is 5.73. The van der Waals surface area contributed by atoms with Crippen molar-refractivity contribution in [1.82, 2.24) is 19.1 Å². The number of nitro groups is 1. The van der Waals surface area contributed by atoms with E-state index >= 15 is 0 Å². The number of fused-ring (bicyclic) bond motifs is 1. The Hall–Kier alpha value is -4.14. The smallest absolute Gasteiger partial charge is 0.287 e. The number of pyridine rings is 2. The van der Waals surface area contributed by atoms with E-state index in [1.165, 1.54) is 22.9 Å². The van der Waals surface area contributed by atoms with Gasteiger partial charge in [0.15, 0.2) is 5.52 Å². The third-order valence-electron chi connectivity index (χ3n) is 4.54. The van der Waals surface area contributed by atoms with Crippen molar-refractivity contribution in [3.8, 4) is 0 Å². The lowest BCUT2D eigenvalue weighted by atomic mass is 10.2. The summed E-state index contributed by atoms with van der Waals surface area (Å²) in [5, 5.41) is 10.9. The van der Waals surface area contributed by atoms with Crippen molar-refractivity contribution in [2.24, 2.45) is 0 Å². The monoisotopic (exact) mass is 389 g/mol. The average molecular weight is 389 g/mol. The summed E-state index contributed by atoms with van der Waals surface area (Å²) in [5.74, 6) is 0. The van der Waals surface area contributed by atoms with Crippen molar-refractivity contribution in [2.45, 2.75) is 13.1 Å². The molecule has 4 rings (SSSR count). The van der Waals surface area contributed by atoms with Crippen LogP contribution < -0.4 is 11.2 Å². The summed E-state index contributed by atoms with van der Waals surface area (Å²) in [4.78, 5) is 44.6. The summed E-state index contributed by atoms with van der Waals surface area (Å²) in [6.07, 6.45) is 4.70. The van der Waals surface area contributed by atoms with Gasteiger partial charge in [0.25, 0.3) is 11.2 Å². The molecule has 4 aromatic rings. The fourth-order valence-corrected chi connectivity index (χ4v) is 3.11. The van der Waals surface area contributed by atoms with E-state index in [9.17, 15) is 19.7 Å². The lowest BCUT2D eigenvalue weighted by Crippen LogP contribution is -2.40. The second-order valence-corrected chi connectivity index (χ2v) is 6.42. The van der Waals surface area contributed by atoms with Crippen LogP contribution in [0.5, 0.6) is 0 Å². The molecule has 29 heavy (non-hydrogen) atoms. The Morgan fingerprint density at radius 3 is 2.31 bits per heavy atom. The van der Waals surface area contributed by atoms with Crippen molar-refractivity contribution >= 4 is 16.7 Å². The summed E-state index contributed by atoms with van der Waals surface area (Å²) < 4.78 is 2.57. The third-order valence-corrected chi connectivity index (χ3v) is 4.54. The fourth-order valence-electron chi connectivity index (χ4n) is 3.11. The zero-order chi connectivity index (χ0) is 20.4. The van der Waals surface area contributed by atoms with Crippen LogP contribution in [0.4, 0.5) is 5.69 Å².